The van der Waals surface area contributed by atoms with Crippen LogP contribution in [0.25, 0.3) is 0 Å². The molecule has 1 saturated carbocycles. The molecule has 0 saturated heterocycles. The number of hydrogen-bond acceptors (Lipinski definition) is 2. The molecule has 0 unspecified atom stereocenters. The summed E-state index contributed by atoms with van der Waals surface area (Å²) < 4.78 is 0. The molecule has 2 nitrogen and oxygen atoms in total. The van der Waals surface area contributed by atoms with E-state index in [1.165, 1.54) is 0 Å². The number of carbonyl (C=O) groups is 2. The molecule has 0 bridgehead atoms. The Hall–Kier alpha value is -4.04. The van der Waals surface area contributed by atoms with Crippen LogP contribution in [-0.4, -0.2) is 11.6 Å². The van der Waals surface area contributed by atoms with E-state index in [9.17, 15) is 9.59 Å². The van der Waals surface area contributed by atoms with Crippen LogP contribution in [0.5, 0.6) is 0 Å². The molecule has 2 heteroatoms. The first-order valence-corrected chi connectivity index (χ1v) is 10.7. The van der Waals surface area contributed by atoms with E-state index in [4.69, 9.17) is 0 Å². The molecule has 1 fully saturated rings. The van der Waals surface area contributed by atoms with Crippen LogP contribution < -0.4 is 0 Å². The molecule has 4 aromatic rings. The third kappa shape index (κ3) is 3.40. The predicted molar refractivity (Wildman–Crippen MR) is 127 cm³/mol. The summed E-state index contributed by atoms with van der Waals surface area (Å²) in [5.41, 5.74) is 5.84. The van der Waals surface area contributed by atoms with Crippen molar-refractivity contribution in [1.29, 1.82) is 0 Å². The van der Waals surface area contributed by atoms with Gasteiger partial charge in [-0.05, 0) is 17.5 Å². The zero-order valence-corrected chi connectivity index (χ0v) is 17.6. The Bertz CT molecular complexity index is 1200. The standard InChI is InChI=1S/C30H22O2/c1-21-20-30(21,26-16-12-24(13-17-26)28(31)22-8-4-2-5-9-22)27-18-14-25(15-19-27)29(32)23-10-6-3-7-11-23/h2-19H,1,20H2. The van der Waals surface area contributed by atoms with Gasteiger partial charge >= 0.3 is 0 Å². The fourth-order valence-electron chi connectivity index (χ4n) is 4.38. The molecule has 0 spiro atoms. The molecule has 0 aromatic heterocycles. The molecule has 4 aromatic carbocycles. The molecule has 0 aliphatic heterocycles. The summed E-state index contributed by atoms with van der Waals surface area (Å²) in [7, 11) is 0. The second-order valence-electron chi connectivity index (χ2n) is 8.23. The SMILES string of the molecule is C=C1CC1(c1ccc(C(=O)c2ccccc2)cc1)c1ccc(C(=O)c2ccccc2)cc1. The lowest BCUT2D eigenvalue weighted by Gasteiger charge is -2.17. The van der Waals surface area contributed by atoms with Crippen molar-refractivity contribution in [1.82, 2.24) is 0 Å². The van der Waals surface area contributed by atoms with Crippen LogP contribution in [0.2, 0.25) is 0 Å². The summed E-state index contributed by atoms with van der Waals surface area (Å²) in [6, 6.07) is 34.3. The summed E-state index contributed by atoms with van der Waals surface area (Å²) >= 11 is 0. The fraction of sp³-hybridized carbons (Fsp3) is 0.0667. The zero-order valence-electron chi connectivity index (χ0n) is 17.6. The van der Waals surface area contributed by atoms with E-state index in [0.717, 1.165) is 23.1 Å². The van der Waals surface area contributed by atoms with Crippen molar-refractivity contribution < 1.29 is 9.59 Å². The van der Waals surface area contributed by atoms with Crippen molar-refractivity contribution in [2.75, 3.05) is 0 Å². The van der Waals surface area contributed by atoms with Crippen LogP contribution in [0.15, 0.2) is 121 Å². The molecule has 32 heavy (non-hydrogen) atoms. The van der Waals surface area contributed by atoms with Crippen molar-refractivity contribution in [2.45, 2.75) is 11.8 Å². The van der Waals surface area contributed by atoms with Crippen molar-refractivity contribution >= 4 is 11.6 Å². The second kappa shape index (κ2) is 7.90. The lowest BCUT2D eigenvalue weighted by atomic mass is 9.85. The maximum absolute atomic E-state index is 12.7. The van der Waals surface area contributed by atoms with Crippen molar-refractivity contribution in [3.63, 3.8) is 0 Å². The van der Waals surface area contributed by atoms with Gasteiger partial charge in [0.25, 0.3) is 0 Å². The first kappa shape index (κ1) is 19.9. The van der Waals surface area contributed by atoms with Crippen molar-refractivity contribution in [2.24, 2.45) is 0 Å². The van der Waals surface area contributed by atoms with Gasteiger partial charge in [0.15, 0.2) is 11.6 Å². The average Bonchev–Trinajstić information content (AvgIpc) is 3.56. The minimum absolute atomic E-state index is 0.0181. The van der Waals surface area contributed by atoms with E-state index in [1.807, 2.05) is 109 Å². The lowest BCUT2D eigenvalue weighted by Crippen LogP contribution is -2.11. The molecule has 0 atom stereocenters. The van der Waals surface area contributed by atoms with Gasteiger partial charge in [0, 0.05) is 27.7 Å². The van der Waals surface area contributed by atoms with Gasteiger partial charge in [0.2, 0.25) is 0 Å². The quantitative estimate of drug-likeness (QED) is 0.270. The Kier molecular flexibility index (Phi) is 4.91. The molecular formula is C30H22O2. The summed E-state index contributed by atoms with van der Waals surface area (Å²) in [5.74, 6) is 0.0363. The molecule has 0 heterocycles. The fourth-order valence-corrected chi connectivity index (χ4v) is 4.38. The lowest BCUT2D eigenvalue weighted by molar-refractivity contribution is 0.103. The van der Waals surface area contributed by atoms with Crippen LogP contribution in [0.1, 0.15) is 49.4 Å². The van der Waals surface area contributed by atoms with Gasteiger partial charge in [0.05, 0.1) is 0 Å². The zero-order chi connectivity index (χ0) is 22.1. The van der Waals surface area contributed by atoms with Crippen LogP contribution in [-0.2, 0) is 5.41 Å². The van der Waals surface area contributed by atoms with Gasteiger partial charge in [-0.1, -0.05) is 121 Å². The Balaban J connectivity index is 1.41. The monoisotopic (exact) mass is 414 g/mol. The van der Waals surface area contributed by atoms with E-state index in [0.29, 0.717) is 22.3 Å². The topological polar surface area (TPSA) is 34.1 Å². The number of rotatable bonds is 6. The number of ketones is 2. The molecular weight excluding hydrogens is 392 g/mol. The third-order valence-corrected chi connectivity index (χ3v) is 6.31. The van der Waals surface area contributed by atoms with E-state index in [1.54, 1.807) is 0 Å². The number of hydrogen-bond donors (Lipinski definition) is 0. The minimum atomic E-state index is -0.247. The summed E-state index contributed by atoms with van der Waals surface area (Å²) in [6.45, 7) is 4.25. The largest absolute Gasteiger partial charge is 0.289 e. The van der Waals surface area contributed by atoms with E-state index in [-0.39, 0.29) is 17.0 Å². The second-order valence-corrected chi connectivity index (χ2v) is 8.23. The molecule has 0 radical (unpaired) electrons. The number of carbonyl (C=O) groups excluding carboxylic acids is 2. The van der Waals surface area contributed by atoms with Gasteiger partial charge in [0.1, 0.15) is 0 Å². The Morgan fingerprint density at radius 3 is 1.16 bits per heavy atom. The van der Waals surface area contributed by atoms with E-state index >= 15 is 0 Å². The molecule has 5 rings (SSSR count). The minimum Gasteiger partial charge on any atom is -0.289 e. The van der Waals surface area contributed by atoms with E-state index < -0.39 is 0 Å². The maximum atomic E-state index is 12.7. The average molecular weight is 415 g/mol. The third-order valence-electron chi connectivity index (χ3n) is 6.31. The Labute approximate surface area is 187 Å². The van der Waals surface area contributed by atoms with Gasteiger partial charge in [-0.2, -0.15) is 0 Å². The van der Waals surface area contributed by atoms with Crippen molar-refractivity contribution in [3.05, 3.63) is 155 Å². The Morgan fingerprint density at radius 1 is 0.531 bits per heavy atom. The first-order valence-electron chi connectivity index (χ1n) is 10.7. The molecule has 0 amide bonds. The number of allylic oxidation sites excluding steroid dienone is 1. The van der Waals surface area contributed by atoms with Gasteiger partial charge < -0.3 is 0 Å². The smallest absolute Gasteiger partial charge is 0.193 e. The first-order chi connectivity index (χ1) is 15.6. The van der Waals surface area contributed by atoms with Gasteiger partial charge in [-0.3, -0.25) is 9.59 Å². The molecule has 1 aliphatic rings. The Morgan fingerprint density at radius 2 is 0.844 bits per heavy atom. The van der Waals surface area contributed by atoms with Crippen LogP contribution in [0.3, 0.4) is 0 Å². The normalized spacial score (nSPS) is 14.1. The molecule has 0 N–H and O–H groups in total. The van der Waals surface area contributed by atoms with Crippen LogP contribution in [0.4, 0.5) is 0 Å². The highest BCUT2D eigenvalue weighted by Crippen LogP contribution is 2.57. The summed E-state index contributed by atoms with van der Waals surface area (Å²) in [5, 5.41) is 0. The van der Waals surface area contributed by atoms with Gasteiger partial charge in [-0.15, -0.1) is 0 Å². The maximum Gasteiger partial charge on any atom is 0.193 e. The summed E-state index contributed by atoms with van der Waals surface area (Å²) in [6.07, 6.45) is 0.866. The van der Waals surface area contributed by atoms with Crippen LogP contribution >= 0.6 is 0 Å². The molecule has 154 valence electrons. The molecule has 1 aliphatic carbocycles. The summed E-state index contributed by atoms with van der Waals surface area (Å²) in [4.78, 5) is 25.5. The van der Waals surface area contributed by atoms with Crippen molar-refractivity contribution in [3.8, 4) is 0 Å². The highest BCUT2D eigenvalue weighted by atomic mass is 16.1. The number of benzene rings is 4. The van der Waals surface area contributed by atoms with Gasteiger partial charge in [-0.25, -0.2) is 0 Å². The highest BCUT2D eigenvalue weighted by Gasteiger charge is 2.50. The highest BCUT2D eigenvalue weighted by molar-refractivity contribution is 6.09. The van der Waals surface area contributed by atoms with E-state index in [2.05, 4.69) is 6.58 Å². The predicted octanol–water partition coefficient (Wildman–Crippen LogP) is 6.39. The van der Waals surface area contributed by atoms with Crippen LogP contribution in [0, 0.1) is 0 Å².